The standard InChI is InChI=1S/C29H25NO6S/c1-17-8-13-25(35-15-14-19-9-11-20(12-10-19)37(3,33)34)26-22(29(31)32)16-23(30-27(17)26)28-18(2)21-6-4-5-7-24(21)36-28/h4-13,16H,14-15H2,1-3H3,(H,31,32). The Hall–Kier alpha value is -4.17. The number of fused-ring (bicyclic) bond motifs is 2. The van der Waals surface area contributed by atoms with E-state index in [1.54, 1.807) is 30.3 Å². The number of sulfone groups is 1. The van der Waals surface area contributed by atoms with E-state index in [0.29, 0.717) is 40.1 Å². The average molecular weight is 516 g/mol. The molecule has 2 heterocycles. The number of pyridine rings is 1. The van der Waals surface area contributed by atoms with Gasteiger partial charge in [0.05, 0.1) is 28.0 Å². The lowest BCUT2D eigenvalue weighted by Gasteiger charge is -2.14. The maximum Gasteiger partial charge on any atom is 0.336 e. The highest BCUT2D eigenvalue weighted by molar-refractivity contribution is 7.90. The van der Waals surface area contributed by atoms with E-state index in [-0.39, 0.29) is 17.1 Å². The molecule has 0 bridgehead atoms. The molecule has 0 amide bonds. The molecule has 0 fully saturated rings. The number of nitrogens with zero attached hydrogens (tertiary/aromatic N) is 1. The minimum atomic E-state index is -3.26. The van der Waals surface area contributed by atoms with Crippen molar-refractivity contribution >= 4 is 37.7 Å². The summed E-state index contributed by atoms with van der Waals surface area (Å²) in [4.78, 5) is 17.4. The second-order valence-electron chi connectivity index (χ2n) is 9.03. The van der Waals surface area contributed by atoms with Gasteiger partial charge in [0.25, 0.3) is 0 Å². The normalized spacial score (nSPS) is 11.8. The predicted octanol–water partition coefficient (Wildman–Crippen LogP) is 5.99. The number of ether oxygens (including phenoxy) is 1. The first-order chi connectivity index (χ1) is 17.6. The van der Waals surface area contributed by atoms with E-state index in [0.717, 1.165) is 22.1 Å². The Morgan fingerprint density at radius 3 is 2.43 bits per heavy atom. The quantitative estimate of drug-likeness (QED) is 0.284. The number of aromatic nitrogens is 1. The van der Waals surface area contributed by atoms with Crippen molar-refractivity contribution in [1.82, 2.24) is 4.98 Å². The number of rotatable bonds is 7. The Morgan fingerprint density at radius 2 is 1.76 bits per heavy atom. The number of carboxylic acid groups (broad SMARTS) is 1. The molecule has 5 aromatic rings. The molecule has 7 nitrogen and oxygen atoms in total. The van der Waals surface area contributed by atoms with Crippen LogP contribution in [0.3, 0.4) is 0 Å². The highest BCUT2D eigenvalue weighted by atomic mass is 32.2. The Balaban J connectivity index is 1.51. The second-order valence-corrected chi connectivity index (χ2v) is 11.0. The number of hydrogen-bond donors (Lipinski definition) is 1. The van der Waals surface area contributed by atoms with E-state index in [1.807, 2.05) is 44.2 Å². The summed E-state index contributed by atoms with van der Waals surface area (Å²) in [5.41, 5.74) is 4.39. The van der Waals surface area contributed by atoms with Gasteiger partial charge in [0.1, 0.15) is 17.0 Å². The van der Waals surface area contributed by atoms with Crippen LogP contribution in [0.2, 0.25) is 0 Å². The highest BCUT2D eigenvalue weighted by Crippen LogP contribution is 2.37. The third-order valence-electron chi connectivity index (χ3n) is 6.43. The predicted molar refractivity (Wildman–Crippen MR) is 142 cm³/mol. The minimum absolute atomic E-state index is 0.0797. The number of hydrogen-bond acceptors (Lipinski definition) is 6. The molecule has 3 aromatic carbocycles. The van der Waals surface area contributed by atoms with Gasteiger partial charge < -0.3 is 14.3 Å². The van der Waals surface area contributed by atoms with Crippen LogP contribution in [0.15, 0.2) is 76.0 Å². The van der Waals surface area contributed by atoms with Crippen LogP contribution in [0.5, 0.6) is 5.75 Å². The fourth-order valence-corrected chi connectivity index (χ4v) is 5.08. The van der Waals surface area contributed by atoms with Gasteiger partial charge >= 0.3 is 5.97 Å². The molecule has 0 aliphatic carbocycles. The van der Waals surface area contributed by atoms with Crippen LogP contribution in [-0.2, 0) is 16.3 Å². The van der Waals surface area contributed by atoms with Gasteiger partial charge in [-0.1, -0.05) is 36.4 Å². The van der Waals surface area contributed by atoms with E-state index in [1.165, 1.54) is 12.3 Å². The monoisotopic (exact) mass is 515 g/mol. The van der Waals surface area contributed by atoms with Gasteiger partial charge in [-0.2, -0.15) is 0 Å². The molecule has 2 aromatic heterocycles. The molecule has 0 atom stereocenters. The molecule has 1 N–H and O–H groups in total. The molecule has 0 spiro atoms. The first-order valence-electron chi connectivity index (χ1n) is 11.7. The molecule has 37 heavy (non-hydrogen) atoms. The van der Waals surface area contributed by atoms with Gasteiger partial charge in [0.2, 0.25) is 0 Å². The minimum Gasteiger partial charge on any atom is -0.493 e. The summed E-state index contributed by atoms with van der Waals surface area (Å²) in [7, 11) is -3.26. The van der Waals surface area contributed by atoms with Crippen LogP contribution >= 0.6 is 0 Å². The molecular weight excluding hydrogens is 490 g/mol. The van der Waals surface area contributed by atoms with Crippen LogP contribution in [0.1, 0.15) is 27.0 Å². The number of aryl methyl sites for hydroxylation is 2. The van der Waals surface area contributed by atoms with Gasteiger partial charge in [0, 0.05) is 23.6 Å². The Bertz CT molecular complexity index is 1770. The summed E-state index contributed by atoms with van der Waals surface area (Å²) in [5.74, 6) is -0.130. The van der Waals surface area contributed by atoms with Crippen LogP contribution in [-0.4, -0.2) is 37.3 Å². The van der Waals surface area contributed by atoms with Crippen molar-refractivity contribution < 1.29 is 27.5 Å². The Kier molecular flexibility index (Phi) is 6.21. The summed E-state index contributed by atoms with van der Waals surface area (Å²) < 4.78 is 35.4. The third kappa shape index (κ3) is 4.68. The molecular formula is C29H25NO6S. The smallest absolute Gasteiger partial charge is 0.336 e. The third-order valence-corrected chi connectivity index (χ3v) is 7.56. The summed E-state index contributed by atoms with van der Waals surface area (Å²) >= 11 is 0. The molecule has 0 radical (unpaired) electrons. The molecule has 0 saturated heterocycles. The zero-order valence-electron chi connectivity index (χ0n) is 20.6. The van der Waals surface area contributed by atoms with E-state index >= 15 is 0 Å². The first-order valence-corrected chi connectivity index (χ1v) is 13.6. The van der Waals surface area contributed by atoms with E-state index < -0.39 is 15.8 Å². The number of benzene rings is 3. The van der Waals surface area contributed by atoms with Gasteiger partial charge in [-0.3, -0.25) is 0 Å². The Morgan fingerprint density at radius 1 is 1.03 bits per heavy atom. The lowest BCUT2D eigenvalue weighted by molar-refractivity contribution is 0.0698. The number of carboxylic acids is 1. The van der Waals surface area contributed by atoms with Gasteiger partial charge in [-0.25, -0.2) is 18.2 Å². The summed E-state index contributed by atoms with van der Waals surface area (Å²) in [6.45, 7) is 4.09. The van der Waals surface area contributed by atoms with Crippen molar-refractivity contribution in [2.75, 3.05) is 12.9 Å². The fourth-order valence-electron chi connectivity index (χ4n) is 4.45. The van der Waals surface area contributed by atoms with Crippen LogP contribution in [0.4, 0.5) is 0 Å². The summed E-state index contributed by atoms with van der Waals surface area (Å²) in [6.07, 6.45) is 1.69. The summed E-state index contributed by atoms with van der Waals surface area (Å²) in [5, 5.41) is 11.5. The van der Waals surface area contributed by atoms with Crippen molar-refractivity contribution in [1.29, 1.82) is 0 Å². The van der Waals surface area contributed by atoms with E-state index in [2.05, 4.69) is 0 Å². The zero-order chi connectivity index (χ0) is 26.3. The topological polar surface area (TPSA) is 107 Å². The average Bonchev–Trinajstić information content (AvgIpc) is 3.21. The first kappa shape index (κ1) is 24.5. The number of carbonyl (C=O) groups is 1. The van der Waals surface area contributed by atoms with E-state index in [4.69, 9.17) is 14.1 Å². The lowest BCUT2D eigenvalue weighted by Crippen LogP contribution is -2.06. The number of para-hydroxylation sites is 1. The van der Waals surface area contributed by atoms with Crippen molar-refractivity contribution in [3.8, 4) is 17.2 Å². The fraction of sp³-hybridized carbons (Fsp3) is 0.172. The largest absolute Gasteiger partial charge is 0.493 e. The van der Waals surface area contributed by atoms with Crippen LogP contribution in [0, 0.1) is 13.8 Å². The molecule has 8 heteroatoms. The van der Waals surface area contributed by atoms with Crippen molar-refractivity contribution in [2.45, 2.75) is 25.2 Å². The molecule has 5 rings (SSSR count). The zero-order valence-corrected chi connectivity index (χ0v) is 21.4. The van der Waals surface area contributed by atoms with Crippen molar-refractivity contribution in [2.24, 2.45) is 0 Å². The second kappa shape index (κ2) is 9.37. The molecule has 0 unspecified atom stereocenters. The van der Waals surface area contributed by atoms with Gasteiger partial charge in [-0.15, -0.1) is 0 Å². The lowest BCUT2D eigenvalue weighted by atomic mass is 10.0. The molecule has 0 saturated carbocycles. The molecule has 188 valence electrons. The van der Waals surface area contributed by atoms with Crippen LogP contribution < -0.4 is 4.74 Å². The maximum absolute atomic E-state index is 12.4. The number of aromatic carboxylic acids is 1. The molecule has 0 aliphatic rings. The molecule has 0 aliphatic heterocycles. The Labute approximate surface area is 214 Å². The van der Waals surface area contributed by atoms with E-state index in [9.17, 15) is 18.3 Å². The van der Waals surface area contributed by atoms with Gasteiger partial charge in [0.15, 0.2) is 15.6 Å². The highest BCUT2D eigenvalue weighted by Gasteiger charge is 2.21. The van der Waals surface area contributed by atoms with Crippen molar-refractivity contribution in [3.63, 3.8) is 0 Å². The summed E-state index contributed by atoms with van der Waals surface area (Å²) in [6, 6.07) is 19.4. The SMILES string of the molecule is Cc1c(-c2cc(C(=O)O)c3c(OCCc4ccc(S(C)(=O)=O)cc4)ccc(C)c3n2)oc2ccccc12. The van der Waals surface area contributed by atoms with Crippen LogP contribution in [0.25, 0.3) is 33.3 Å². The van der Waals surface area contributed by atoms with Gasteiger partial charge in [-0.05, 0) is 55.3 Å². The maximum atomic E-state index is 12.4. The number of furan rings is 1. The van der Waals surface area contributed by atoms with Crippen molar-refractivity contribution in [3.05, 3.63) is 89.0 Å².